The van der Waals surface area contributed by atoms with Crippen LogP contribution in [0.15, 0.2) is 51.4 Å². The molecule has 8 heteroatoms. The Hall–Kier alpha value is -3.65. The van der Waals surface area contributed by atoms with Gasteiger partial charge in [-0.2, -0.15) is 0 Å². The van der Waals surface area contributed by atoms with E-state index in [-0.39, 0.29) is 24.4 Å². The van der Waals surface area contributed by atoms with Crippen molar-refractivity contribution in [1.82, 2.24) is 10.5 Å². The monoisotopic (exact) mass is 438 g/mol. The van der Waals surface area contributed by atoms with E-state index in [9.17, 15) is 9.18 Å². The van der Waals surface area contributed by atoms with Crippen molar-refractivity contribution < 1.29 is 27.6 Å². The van der Waals surface area contributed by atoms with Gasteiger partial charge in [-0.15, -0.1) is 0 Å². The van der Waals surface area contributed by atoms with Gasteiger partial charge >= 0.3 is 0 Å². The number of carbonyl (C=O) groups excluding carboxylic acids is 1. The standard InChI is InChI=1S/C24H23FN2O5/c1-13(2)30-20-11-18-21(10-17(20)19-9-16(12-29-4)32-27-19)31-23(22(18)24(28)26-3)14-5-7-15(25)8-6-14/h5-11,13H,12H2,1-4H3,(H,26,28). The van der Waals surface area contributed by atoms with Gasteiger partial charge in [-0.1, -0.05) is 5.16 Å². The average molecular weight is 438 g/mol. The number of amides is 1. The van der Waals surface area contributed by atoms with Crippen LogP contribution in [0.25, 0.3) is 33.6 Å². The maximum atomic E-state index is 13.5. The Kier molecular flexibility index (Phi) is 5.96. The topological polar surface area (TPSA) is 86.7 Å². The number of ether oxygens (including phenoxy) is 2. The van der Waals surface area contributed by atoms with Crippen molar-refractivity contribution in [2.45, 2.75) is 26.6 Å². The Labute approximate surface area is 184 Å². The summed E-state index contributed by atoms with van der Waals surface area (Å²) >= 11 is 0. The van der Waals surface area contributed by atoms with Gasteiger partial charge in [0.05, 0.1) is 11.7 Å². The molecule has 2 heterocycles. The number of hydrogen-bond acceptors (Lipinski definition) is 6. The van der Waals surface area contributed by atoms with Gasteiger partial charge in [0.15, 0.2) is 5.76 Å². The minimum absolute atomic E-state index is 0.122. The summed E-state index contributed by atoms with van der Waals surface area (Å²) < 4.78 is 36.0. The summed E-state index contributed by atoms with van der Waals surface area (Å²) in [4.78, 5) is 12.8. The number of furan rings is 1. The van der Waals surface area contributed by atoms with Crippen LogP contribution in [0.4, 0.5) is 4.39 Å². The maximum absolute atomic E-state index is 13.5. The summed E-state index contributed by atoms with van der Waals surface area (Å²) in [7, 11) is 3.11. The van der Waals surface area contributed by atoms with Crippen molar-refractivity contribution in [1.29, 1.82) is 0 Å². The highest BCUT2D eigenvalue weighted by molar-refractivity contribution is 6.12. The van der Waals surface area contributed by atoms with Gasteiger partial charge in [-0.25, -0.2) is 4.39 Å². The minimum atomic E-state index is -0.376. The molecule has 1 N–H and O–H groups in total. The lowest BCUT2D eigenvalue weighted by Crippen LogP contribution is -2.18. The molecule has 0 aliphatic heterocycles. The lowest BCUT2D eigenvalue weighted by atomic mass is 10.0. The Morgan fingerprint density at radius 2 is 1.94 bits per heavy atom. The van der Waals surface area contributed by atoms with Crippen molar-refractivity contribution in [3.63, 3.8) is 0 Å². The van der Waals surface area contributed by atoms with Crippen LogP contribution in [0.2, 0.25) is 0 Å². The molecule has 0 fully saturated rings. The minimum Gasteiger partial charge on any atom is -0.490 e. The number of nitrogens with one attached hydrogen (secondary N) is 1. The Morgan fingerprint density at radius 1 is 1.19 bits per heavy atom. The molecule has 4 aromatic rings. The van der Waals surface area contributed by atoms with E-state index >= 15 is 0 Å². The van der Waals surface area contributed by atoms with Crippen molar-refractivity contribution in [3.05, 3.63) is 59.6 Å². The van der Waals surface area contributed by atoms with E-state index in [2.05, 4.69) is 10.5 Å². The Balaban J connectivity index is 1.95. The number of aromatic nitrogens is 1. The third-order valence-electron chi connectivity index (χ3n) is 4.83. The molecule has 32 heavy (non-hydrogen) atoms. The first-order chi connectivity index (χ1) is 15.4. The molecule has 0 aliphatic rings. The predicted molar refractivity (Wildman–Crippen MR) is 117 cm³/mol. The molecule has 0 aliphatic carbocycles. The summed E-state index contributed by atoms with van der Waals surface area (Å²) in [6.07, 6.45) is -0.122. The molecule has 0 saturated carbocycles. The predicted octanol–water partition coefficient (Wildman–Crippen LogP) is 5.19. The smallest absolute Gasteiger partial charge is 0.255 e. The lowest BCUT2D eigenvalue weighted by Gasteiger charge is -2.13. The van der Waals surface area contributed by atoms with Gasteiger partial charge in [-0.05, 0) is 50.2 Å². The number of nitrogens with zero attached hydrogens (tertiary/aromatic N) is 1. The van der Waals surface area contributed by atoms with Crippen LogP contribution in [0.5, 0.6) is 5.75 Å². The van der Waals surface area contributed by atoms with Crippen LogP contribution < -0.4 is 10.1 Å². The molecular weight excluding hydrogens is 415 g/mol. The number of benzene rings is 2. The molecule has 4 rings (SSSR count). The fourth-order valence-electron chi connectivity index (χ4n) is 3.48. The highest BCUT2D eigenvalue weighted by Gasteiger charge is 2.25. The second kappa shape index (κ2) is 8.84. The van der Waals surface area contributed by atoms with Gasteiger partial charge in [0.25, 0.3) is 5.91 Å². The molecule has 0 saturated heterocycles. The van der Waals surface area contributed by atoms with Crippen LogP contribution >= 0.6 is 0 Å². The second-order valence-electron chi connectivity index (χ2n) is 7.51. The molecule has 166 valence electrons. The fraction of sp³-hybridized carbons (Fsp3) is 0.250. The van der Waals surface area contributed by atoms with E-state index in [1.54, 1.807) is 44.5 Å². The Morgan fingerprint density at radius 3 is 2.59 bits per heavy atom. The molecule has 0 unspecified atom stereocenters. The third kappa shape index (κ3) is 4.09. The first-order valence-corrected chi connectivity index (χ1v) is 10.1. The maximum Gasteiger partial charge on any atom is 0.255 e. The highest BCUT2D eigenvalue weighted by atomic mass is 19.1. The number of hydrogen-bond donors (Lipinski definition) is 1. The molecule has 0 atom stereocenters. The second-order valence-corrected chi connectivity index (χ2v) is 7.51. The zero-order valence-corrected chi connectivity index (χ0v) is 18.2. The first-order valence-electron chi connectivity index (χ1n) is 10.1. The number of methoxy groups -OCH3 is 1. The molecule has 2 aromatic carbocycles. The van der Waals surface area contributed by atoms with Crippen LogP contribution in [0, 0.1) is 5.82 Å². The summed E-state index contributed by atoms with van der Waals surface area (Å²) in [5, 5.41) is 7.35. The van der Waals surface area contributed by atoms with Gasteiger partial charge < -0.3 is 23.7 Å². The number of halogens is 1. The summed E-state index contributed by atoms with van der Waals surface area (Å²) in [5.74, 6) is 0.735. The van der Waals surface area contributed by atoms with Gasteiger partial charge in [0.1, 0.15) is 35.2 Å². The van der Waals surface area contributed by atoms with E-state index in [0.717, 1.165) is 0 Å². The average Bonchev–Trinajstić information content (AvgIpc) is 3.37. The van der Waals surface area contributed by atoms with E-state index in [1.807, 2.05) is 13.8 Å². The molecule has 0 spiro atoms. The lowest BCUT2D eigenvalue weighted by molar-refractivity contribution is 0.0964. The van der Waals surface area contributed by atoms with E-state index in [4.69, 9.17) is 18.4 Å². The van der Waals surface area contributed by atoms with Crippen LogP contribution in [-0.4, -0.2) is 31.3 Å². The van der Waals surface area contributed by atoms with Crippen molar-refractivity contribution in [2.75, 3.05) is 14.2 Å². The summed E-state index contributed by atoms with van der Waals surface area (Å²) in [5.41, 5.74) is 2.59. The molecule has 0 bridgehead atoms. The molecular formula is C24H23FN2O5. The third-order valence-corrected chi connectivity index (χ3v) is 4.83. The molecule has 1 amide bonds. The van der Waals surface area contributed by atoms with Crippen LogP contribution in [-0.2, 0) is 11.3 Å². The molecule has 2 aromatic heterocycles. The van der Waals surface area contributed by atoms with Crippen molar-refractivity contribution in [3.8, 4) is 28.3 Å². The first kappa shape index (κ1) is 21.6. The van der Waals surface area contributed by atoms with Gasteiger partial charge in [0, 0.05) is 36.7 Å². The molecule has 0 radical (unpaired) electrons. The highest BCUT2D eigenvalue weighted by Crippen LogP contribution is 2.40. The number of fused-ring (bicyclic) bond motifs is 1. The largest absolute Gasteiger partial charge is 0.490 e. The summed E-state index contributed by atoms with van der Waals surface area (Å²) in [6, 6.07) is 11.1. The Bertz CT molecular complexity index is 1260. The number of rotatable bonds is 7. The van der Waals surface area contributed by atoms with Crippen LogP contribution in [0.3, 0.4) is 0 Å². The summed E-state index contributed by atoms with van der Waals surface area (Å²) in [6.45, 7) is 4.10. The van der Waals surface area contributed by atoms with Crippen LogP contribution in [0.1, 0.15) is 30.0 Å². The zero-order chi connectivity index (χ0) is 22.8. The van der Waals surface area contributed by atoms with Gasteiger partial charge in [0.2, 0.25) is 0 Å². The zero-order valence-electron chi connectivity index (χ0n) is 18.2. The van der Waals surface area contributed by atoms with Crippen molar-refractivity contribution >= 4 is 16.9 Å². The van der Waals surface area contributed by atoms with Crippen molar-refractivity contribution in [2.24, 2.45) is 0 Å². The van der Waals surface area contributed by atoms with E-state index in [0.29, 0.717) is 50.6 Å². The van der Waals surface area contributed by atoms with E-state index in [1.165, 1.54) is 12.1 Å². The number of carbonyl (C=O) groups is 1. The van der Waals surface area contributed by atoms with Gasteiger partial charge in [-0.3, -0.25) is 4.79 Å². The molecule has 7 nitrogen and oxygen atoms in total. The SMILES string of the molecule is CNC(=O)c1c(-c2ccc(F)cc2)oc2cc(-c3cc(COC)on3)c(OC(C)C)cc12. The fourth-order valence-corrected chi connectivity index (χ4v) is 3.48. The normalized spacial score (nSPS) is 11.3. The quantitative estimate of drug-likeness (QED) is 0.427. The van der Waals surface area contributed by atoms with E-state index < -0.39 is 0 Å².